The molecule has 90 valence electrons. The number of hydrogen-bond acceptors (Lipinski definition) is 3. The molecule has 1 rings (SSSR count). The first-order valence-electron chi connectivity index (χ1n) is 5.72. The lowest BCUT2D eigenvalue weighted by molar-refractivity contribution is 0.194. The summed E-state index contributed by atoms with van der Waals surface area (Å²) in [6.45, 7) is 5.08. The van der Waals surface area contributed by atoms with Crippen molar-refractivity contribution >= 4 is 11.8 Å². The molecule has 0 unspecified atom stereocenters. The minimum atomic E-state index is 0.845. The van der Waals surface area contributed by atoms with E-state index in [1.807, 2.05) is 11.8 Å². The van der Waals surface area contributed by atoms with Crippen molar-refractivity contribution < 1.29 is 4.74 Å². The van der Waals surface area contributed by atoms with Gasteiger partial charge in [-0.1, -0.05) is 17.7 Å². The number of methoxy groups -OCH3 is 1. The van der Waals surface area contributed by atoms with Crippen LogP contribution in [0.1, 0.15) is 12.0 Å². The average Bonchev–Trinajstić information content (AvgIpc) is 2.28. The first-order chi connectivity index (χ1) is 7.83. The van der Waals surface area contributed by atoms with E-state index in [1.165, 1.54) is 10.5 Å². The van der Waals surface area contributed by atoms with E-state index in [-0.39, 0.29) is 0 Å². The van der Waals surface area contributed by atoms with Gasteiger partial charge in [0.1, 0.15) is 0 Å². The highest BCUT2D eigenvalue weighted by molar-refractivity contribution is 7.99. The Balaban J connectivity index is 2.03. The fraction of sp³-hybridized carbons (Fsp3) is 0.538. The highest BCUT2D eigenvalue weighted by atomic mass is 32.2. The molecular formula is C13H21NOS. The first kappa shape index (κ1) is 13.6. The Morgan fingerprint density at radius 2 is 2.19 bits per heavy atom. The molecule has 0 fully saturated rings. The minimum absolute atomic E-state index is 0.845. The summed E-state index contributed by atoms with van der Waals surface area (Å²) in [5.74, 6) is 1.12. The zero-order valence-corrected chi connectivity index (χ0v) is 11.0. The van der Waals surface area contributed by atoms with Crippen molar-refractivity contribution in [2.24, 2.45) is 0 Å². The van der Waals surface area contributed by atoms with Gasteiger partial charge in [0.2, 0.25) is 0 Å². The van der Waals surface area contributed by atoms with Gasteiger partial charge in [-0.2, -0.15) is 0 Å². The molecule has 0 aliphatic heterocycles. The van der Waals surface area contributed by atoms with Crippen LogP contribution in [0.15, 0.2) is 29.2 Å². The van der Waals surface area contributed by atoms with Gasteiger partial charge in [-0.3, -0.25) is 0 Å². The van der Waals surface area contributed by atoms with E-state index in [0.29, 0.717) is 0 Å². The van der Waals surface area contributed by atoms with E-state index in [0.717, 1.165) is 31.9 Å². The lowest BCUT2D eigenvalue weighted by Gasteiger charge is -2.05. The zero-order valence-electron chi connectivity index (χ0n) is 10.2. The van der Waals surface area contributed by atoms with Gasteiger partial charge < -0.3 is 10.1 Å². The number of hydrogen-bond donors (Lipinski definition) is 1. The molecule has 0 saturated carbocycles. The summed E-state index contributed by atoms with van der Waals surface area (Å²) in [5.41, 5.74) is 1.33. The van der Waals surface area contributed by atoms with E-state index >= 15 is 0 Å². The summed E-state index contributed by atoms with van der Waals surface area (Å²) in [7, 11) is 1.74. The van der Waals surface area contributed by atoms with Gasteiger partial charge in [0.25, 0.3) is 0 Å². The third-order valence-electron chi connectivity index (χ3n) is 2.24. The number of aryl methyl sites for hydroxylation is 1. The molecule has 2 nitrogen and oxygen atoms in total. The first-order valence-corrected chi connectivity index (χ1v) is 6.70. The Morgan fingerprint density at radius 3 is 2.94 bits per heavy atom. The Hall–Kier alpha value is -0.510. The van der Waals surface area contributed by atoms with Gasteiger partial charge in [-0.05, 0) is 32.0 Å². The topological polar surface area (TPSA) is 21.3 Å². The maximum absolute atomic E-state index is 4.99. The molecule has 1 N–H and O–H groups in total. The third-order valence-corrected chi connectivity index (χ3v) is 3.23. The molecule has 0 saturated heterocycles. The molecule has 3 heteroatoms. The van der Waals surface area contributed by atoms with Crippen LogP contribution in [0, 0.1) is 6.92 Å². The maximum Gasteiger partial charge on any atom is 0.0474 e. The molecule has 1 aromatic carbocycles. The normalized spacial score (nSPS) is 10.6. The van der Waals surface area contributed by atoms with E-state index in [1.54, 1.807) is 7.11 Å². The summed E-state index contributed by atoms with van der Waals surface area (Å²) in [4.78, 5) is 1.36. The molecule has 16 heavy (non-hydrogen) atoms. The quantitative estimate of drug-likeness (QED) is 0.557. The smallest absolute Gasteiger partial charge is 0.0474 e. The number of thioether (sulfide) groups is 1. The summed E-state index contributed by atoms with van der Waals surface area (Å²) >= 11 is 1.90. The van der Waals surface area contributed by atoms with Crippen LogP contribution in [-0.4, -0.2) is 32.6 Å². The molecule has 0 heterocycles. The molecule has 0 spiro atoms. The third kappa shape index (κ3) is 6.16. The number of nitrogens with one attached hydrogen (secondary N) is 1. The molecule has 0 bridgehead atoms. The summed E-state index contributed by atoms with van der Waals surface area (Å²) < 4.78 is 4.99. The Labute approximate surface area is 103 Å². The van der Waals surface area contributed by atoms with Crippen LogP contribution >= 0.6 is 11.8 Å². The second-order valence-corrected chi connectivity index (χ2v) is 4.93. The monoisotopic (exact) mass is 239 g/mol. The summed E-state index contributed by atoms with van der Waals surface area (Å²) in [5, 5.41) is 3.40. The Kier molecular flexibility index (Phi) is 7.30. The van der Waals surface area contributed by atoms with Crippen LogP contribution in [-0.2, 0) is 4.74 Å². The van der Waals surface area contributed by atoms with Crippen LogP contribution in [0.25, 0.3) is 0 Å². The SMILES string of the molecule is COCCCNCCSc1cccc(C)c1. The van der Waals surface area contributed by atoms with Crippen molar-refractivity contribution in [3.8, 4) is 0 Å². The number of rotatable bonds is 8. The molecule has 0 radical (unpaired) electrons. The summed E-state index contributed by atoms with van der Waals surface area (Å²) in [6, 6.07) is 8.65. The largest absolute Gasteiger partial charge is 0.385 e. The highest BCUT2D eigenvalue weighted by Crippen LogP contribution is 2.17. The van der Waals surface area contributed by atoms with Crippen molar-refractivity contribution in [2.45, 2.75) is 18.2 Å². The molecule has 1 aromatic rings. The van der Waals surface area contributed by atoms with E-state index in [2.05, 4.69) is 36.5 Å². The van der Waals surface area contributed by atoms with E-state index < -0.39 is 0 Å². The number of ether oxygens (including phenoxy) is 1. The van der Waals surface area contributed by atoms with E-state index in [4.69, 9.17) is 4.74 Å². The predicted molar refractivity (Wildman–Crippen MR) is 71.3 cm³/mol. The fourth-order valence-corrected chi connectivity index (χ4v) is 2.34. The van der Waals surface area contributed by atoms with E-state index in [9.17, 15) is 0 Å². The van der Waals surface area contributed by atoms with Crippen LogP contribution in [0.4, 0.5) is 0 Å². The zero-order chi connectivity index (χ0) is 11.6. The Morgan fingerprint density at radius 1 is 1.31 bits per heavy atom. The molecular weight excluding hydrogens is 218 g/mol. The summed E-state index contributed by atoms with van der Waals surface area (Å²) in [6.07, 6.45) is 1.09. The van der Waals surface area contributed by atoms with Crippen molar-refractivity contribution in [3.05, 3.63) is 29.8 Å². The molecule has 0 aliphatic carbocycles. The van der Waals surface area contributed by atoms with Crippen molar-refractivity contribution in [3.63, 3.8) is 0 Å². The minimum Gasteiger partial charge on any atom is -0.385 e. The van der Waals surface area contributed by atoms with Crippen LogP contribution in [0.5, 0.6) is 0 Å². The standard InChI is InChI=1S/C13H21NOS/c1-12-5-3-6-13(11-12)16-10-8-14-7-4-9-15-2/h3,5-6,11,14H,4,7-10H2,1-2H3. The van der Waals surface area contributed by atoms with Crippen molar-refractivity contribution in [1.29, 1.82) is 0 Å². The van der Waals surface area contributed by atoms with Gasteiger partial charge in [0, 0.05) is 30.9 Å². The van der Waals surface area contributed by atoms with Gasteiger partial charge >= 0.3 is 0 Å². The van der Waals surface area contributed by atoms with Crippen LogP contribution < -0.4 is 5.32 Å². The predicted octanol–water partition coefficient (Wildman–Crippen LogP) is 2.71. The van der Waals surface area contributed by atoms with Crippen molar-refractivity contribution in [1.82, 2.24) is 5.32 Å². The highest BCUT2D eigenvalue weighted by Gasteiger charge is 1.94. The second kappa shape index (κ2) is 8.62. The van der Waals surface area contributed by atoms with Gasteiger partial charge in [-0.15, -0.1) is 11.8 Å². The maximum atomic E-state index is 4.99. The fourth-order valence-electron chi connectivity index (χ4n) is 1.41. The lowest BCUT2D eigenvalue weighted by Crippen LogP contribution is -2.19. The van der Waals surface area contributed by atoms with Gasteiger partial charge in [-0.25, -0.2) is 0 Å². The van der Waals surface area contributed by atoms with Crippen molar-refractivity contribution in [2.75, 3.05) is 32.6 Å². The van der Waals surface area contributed by atoms with Gasteiger partial charge in [0.15, 0.2) is 0 Å². The average molecular weight is 239 g/mol. The van der Waals surface area contributed by atoms with Crippen LogP contribution in [0.2, 0.25) is 0 Å². The number of benzene rings is 1. The lowest BCUT2D eigenvalue weighted by atomic mass is 10.2. The molecule has 0 aromatic heterocycles. The molecule has 0 atom stereocenters. The van der Waals surface area contributed by atoms with Gasteiger partial charge in [0.05, 0.1) is 0 Å². The Bertz CT molecular complexity index is 291. The second-order valence-electron chi connectivity index (χ2n) is 3.76. The molecule has 0 amide bonds. The molecule has 0 aliphatic rings. The van der Waals surface area contributed by atoms with Crippen LogP contribution in [0.3, 0.4) is 0 Å².